The molecule has 0 atom stereocenters. The van der Waals surface area contributed by atoms with Crippen molar-refractivity contribution < 1.29 is 5.41 Å². The average Bonchev–Trinajstić information content (AvgIpc) is 3.29. The van der Waals surface area contributed by atoms with Crippen LogP contribution in [0.25, 0.3) is 0 Å². The minimum atomic E-state index is 0.808. The fraction of sp³-hybridized carbons (Fsp3) is 0.643. The Kier molecular flexibility index (Phi) is 3.82. The molecule has 6 heteroatoms. The molecule has 2 heterocycles. The fourth-order valence-electron chi connectivity index (χ4n) is 2.51. The molecule has 20 heavy (non-hydrogen) atoms. The van der Waals surface area contributed by atoms with Crippen molar-refractivity contribution in [2.24, 2.45) is 5.92 Å². The van der Waals surface area contributed by atoms with Crippen molar-refractivity contribution in [3.05, 3.63) is 11.9 Å². The highest BCUT2D eigenvalue weighted by atomic mass is 15.3. The summed E-state index contributed by atoms with van der Waals surface area (Å²) in [6.45, 7) is 5.06. The number of likely N-dealkylation sites (N-methyl/N-ethyl adjacent to an activating group) is 1. The lowest BCUT2D eigenvalue weighted by Crippen LogP contribution is -2.45. The molecule has 0 unspecified atom stereocenters. The Morgan fingerprint density at radius 1 is 1.30 bits per heavy atom. The molecule has 6 nitrogen and oxygen atoms in total. The number of anilines is 2. The molecule has 2 aliphatic rings. The summed E-state index contributed by atoms with van der Waals surface area (Å²) < 4.78 is 0. The van der Waals surface area contributed by atoms with Gasteiger partial charge >= 0.3 is 0 Å². The first-order chi connectivity index (χ1) is 9.78. The van der Waals surface area contributed by atoms with E-state index in [0.29, 0.717) is 0 Å². The molecule has 3 rings (SSSR count). The van der Waals surface area contributed by atoms with E-state index >= 15 is 0 Å². The third-order valence-electron chi connectivity index (χ3n) is 4.09. The van der Waals surface area contributed by atoms with Crippen LogP contribution in [0, 0.1) is 5.92 Å². The summed E-state index contributed by atoms with van der Waals surface area (Å²) in [6, 6.07) is 0. The van der Waals surface area contributed by atoms with Gasteiger partial charge in [0, 0.05) is 32.7 Å². The van der Waals surface area contributed by atoms with E-state index in [-0.39, 0.29) is 0 Å². The third kappa shape index (κ3) is 2.90. The second-order valence-electron chi connectivity index (χ2n) is 5.74. The van der Waals surface area contributed by atoms with Crippen LogP contribution in [0.15, 0.2) is 6.33 Å². The van der Waals surface area contributed by atoms with Crippen LogP contribution in [0.2, 0.25) is 0 Å². The number of rotatable bonds is 5. The highest BCUT2D eigenvalue weighted by molar-refractivity contribution is 5.89. The fourth-order valence-corrected chi connectivity index (χ4v) is 2.51. The van der Waals surface area contributed by atoms with Crippen molar-refractivity contribution in [2.45, 2.75) is 12.8 Å². The molecule has 1 aromatic rings. The average molecular weight is 275 g/mol. The summed E-state index contributed by atoms with van der Waals surface area (Å²) in [7, 11) is 2.15. The lowest BCUT2D eigenvalue weighted by atomic mass is 10.2. The molecule has 1 saturated carbocycles. The quantitative estimate of drug-likeness (QED) is 0.691. The van der Waals surface area contributed by atoms with Crippen molar-refractivity contribution in [1.29, 1.82) is 0 Å². The van der Waals surface area contributed by atoms with E-state index in [1.165, 1.54) is 12.8 Å². The van der Waals surface area contributed by atoms with Crippen LogP contribution in [0.3, 0.4) is 0 Å². The molecule has 3 N–H and O–H groups in total. The van der Waals surface area contributed by atoms with Gasteiger partial charge in [-0.2, -0.15) is 0 Å². The van der Waals surface area contributed by atoms with Crippen molar-refractivity contribution in [3.63, 3.8) is 0 Å². The second-order valence-corrected chi connectivity index (χ2v) is 5.74. The smallest absolute Gasteiger partial charge is 0.174 e. The van der Waals surface area contributed by atoms with Gasteiger partial charge in [-0.1, -0.05) is 0 Å². The van der Waals surface area contributed by atoms with Gasteiger partial charge in [-0.15, -0.1) is 0 Å². The van der Waals surface area contributed by atoms with E-state index in [9.17, 15) is 0 Å². The molecular weight excluding hydrogens is 252 g/mol. The van der Waals surface area contributed by atoms with E-state index in [0.717, 1.165) is 55.8 Å². The molecule has 1 aliphatic carbocycles. The van der Waals surface area contributed by atoms with Crippen LogP contribution in [-0.2, 0) is 0 Å². The molecule has 0 spiro atoms. The minimum Gasteiger partial charge on any atom is -0.369 e. The minimum absolute atomic E-state index is 0.808. The largest absolute Gasteiger partial charge is 0.369 e. The Balaban J connectivity index is 1.78. The lowest BCUT2D eigenvalue weighted by molar-refractivity contribution is -0.104. The molecule has 2 fully saturated rings. The Hall–Kier alpha value is -1.69. The number of piperazine rings is 1. The zero-order chi connectivity index (χ0) is 13.9. The van der Waals surface area contributed by atoms with Gasteiger partial charge in [0.1, 0.15) is 23.5 Å². The number of hydrogen-bond acceptors (Lipinski definition) is 5. The topological polar surface area (TPSA) is 69.9 Å². The standard InChI is InChI=1S/C14H22N6/c1-19-4-6-20(7-5-19)14-12(8-15)13(17-10-18-14)16-9-11-2-3-11/h8,10-11,15H,2-7,9H2,1H3,(H,16,17,18)/p+1. The van der Waals surface area contributed by atoms with Gasteiger partial charge in [-0.05, 0) is 25.8 Å². The third-order valence-corrected chi connectivity index (χ3v) is 4.09. The molecule has 108 valence electrons. The van der Waals surface area contributed by atoms with Gasteiger partial charge in [0.25, 0.3) is 0 Å². The van der Waals surface area contributed by atoms with Gasteiger partial charge < -0.3 is 15.1 Å². The molecule has 1 saturated heterocycles. The summed E-state index contributed by atoms with van der Waals surface area (Å²) in [5.41, 5.74) is 0.928. The zero-order valence-corrected chi connectivity index (χ0v) is 12.0. The summed E-state index contributed by atoms with van der Waals surface area (Å²) in [6.07, 6.45) is 5.91. The van der Waals surface area contributed by atoms with Crippen molar-refractivity contribution >= 4 is 17.9 Å². The van der Waals surface area contributed by atoms with E-state index in [4.69, 9.17) is 5.41 Å². The normalized spacial score (nSPS) is 19.9. The number of nitrogens with one attached hydrogen (secondary N) is 1. The summed E-state index contributed by atoms with van der Waals surface area (Å²) >= 11 is 0. The maximum atomic E-state index is 5.83. The van der Waals surface area contributed by atoms with Gasteiger partial charge in [-0.3, -0.25) is 5.41 Å². The maximum absolute atomic E-state index is 5.83. The lowest BCUT2D eigenvalue weighted by Gasteiger charge is -2.33. The van der Waals surface area contributed by atoms with E-state index < -0.39 is 0 Å². The zero-order valence-electron chi connectivity index (χ0n) is 12.0. The summed E-state index contributed by atoms with van der Waals surface area (Å²) in [5, 5.41) is 9.24. The first-order valence-electron chi connectivity index (χ1n) is 7.35. The second kappa shape index (κ2) is 5.75. The van der Waals surface area contributed by atoms with Gasteiger partial charge in [0.05, 0.1) is 0 Å². The van der Waals surface area contributed by atoms with Gasteiger partial charge in [0.15, 0.2) is 6.21 Å². The Morgan fingerprint density at radius 3 is 2.70 bits per heavy atom. The van der Waals surface area contributed by atoms with Gasteiger partial charge in [-0.25, -0.2) is 9.97 Å². The highest BCUT2D eigenvalue weighted by Crippen LogP contribution is 2.29. The Morgan fingerprint density at radius 2 is 2.05 bits per heavy atom. The summed E-state index contributed by atoms with van der Waals surface area (Å²) in [4.78, 5) is 13.4. The SMILES string of the molecule is CN1CCN(c2ncnc(NCC3CC3)c2C=[NH2+])CC1. The molecule has 0 amide bonds. The van der Waals surface area contributed by atoms with Crippen molar-refractivity contribution in [3.8, 4) is 0 Å². The van der Waals surface area contributed by atoms with Crippen LogP contribution >= 0.6 is 0 Å². The number of hydrogen-bond donors (Lipinski definition) is 2. The van der Waals surface area contributed by atoms with E-state index in [1.807, 2.05) is 0 Å². The molecule has 1 aromatic heterocycles. The summed E-state index contributed by atoms with van der Waals surface area (Å²) in [5.74, 6) is 2.62. The number of nitrogens with two attached hydrogens (primary N) is 1. The Bertz CT molecular complexity index is 477. The highest BCUT2D eigenvalue weighted by Gasteiger charge is 2.24. The first-order valence-corrected chi connectivity index (χ1v) is 7.35. The van der Waals surface area contributed by atoms with Crippen LogP contribution in [0.4, 0.5) is 11.6 Å². The predicted octanol–water partition coefficient (Wildman–Crippen LogP) is -0.772. The molecule has 1 aliphatic heterocycles. The first kappa shape index (κ1) is 13.3. The molecule has 0 aromatic carbocycles. The maximum Gasteiger partial charge on any atom is 0.174 e. The molecular formula is C14H23N6+. The Labute approximate surface area is 119 Å². The van der Waals surface area contributed by atoms with Crippen molar-refractivity contribution in [2.75, 3.05) is 50.0 Å². The van der Waals surface area contributed by atoms with E-state index in [2.05, 4.69) is 32.1 Å². The monoisotopic (exact) mass is 275 g/mol. The number of aromatic nitrogens is 2. The van der Waals surface area contributed by atoms with Crippen LogP contribution in [-0.4, -0.2) is 60.9 Å². The van der Waals surface area contributed by atoms with Crippen LogP contribution < -0.4 is 15.6 Å². The van der Waals surface area contributed by atoms with Crippen LogP contribution in [0.5, 0.6) is 0 Å². The van der Waals surface area contributed by atoms with Gasteiger partial charge in [0.2, 0.25) is 0 Å². The van der Waals surface area contributed by atoms with Crippen molar-refractivity contribution in [1.82, 2.24) is 14.9 Å². The number of nitrogens with zero attached hydrogens (tertiary/aromatic N) is 4. The molecule has 0 bridgehead atoms. The van der Waals surface area contributed by atoms with Crippen LogP contribution in [0.1, 0.15) is 18.4 Å². The predicted molar refractivity (Wildman–Crippen MR) is 80.0 cm³/mol. The van der Waals surface area contributed by atoms with E-state index in [1.54, 1.807) is 12.5 Å². The molecule has 0 radical (unpaired) electrons.